The lowest BCUT2D eigenvalue weighted by molar-refractivity contribution is 0.0934. The number of aromatic nitrogens is 7. The highest BCUT2D eigenvalue weighted by Gasteiger charge is 2.42. The van der Waals surface area contributed by atoms with Gasteiger partial charge in [0.15, 0.2) is 17.3 Å². The van der Waals surface area contributed by atoms with Gasteiger partial charge in [0.25, 0.3) is 0 Å². The summed E-state index contributed by atoms with van der Waals surface area (Å²) in [5.41, 5.74) is 11.1. The summed E-state index contributed by atoms with van der Waals surface area (Å²) >= 11 is 0. The Balaban J connectivity index is 1.18. The number of tetrazole rings is 1. The van der Waals surface area contributed by atoms with Gasteiger partial charge in [-0.3, -0.25) is 4.79 Å². The van der Waals surface area contributed by atoms with Crippen LogP contribution in [0.1, 0.15) is 82.9 Å². The number of benzene rings is 5. The molecule has 1 aliphatic carbocycles. The number of carbonyl (C=O) groups is 1. The van der Waals surface area contributed by atoms with E-state index in [2.05, 4.69) is 132 Å². The van der Waals surface area contributed by atoms with Gasteiger partial charge < -0.3 is 4.57 Å². The minimum atomic E-state index is -0.864. The zero-order valence-electron chi connectivity index (χ0n) is 32.1. The lowest BCUT2D eigenvalue weighted by atomic mass is 9.77. The van der Waals surface area contributed by atoms with Crippen molar-refractivity contribution in [2.45, 2.75) is 58.5 Å². The molecule has 0 amide bonds. The van der Waals surface area contributed by atoms with Crippen LogP contribution in [0.5, 0.6) is 0 Å². The maximum atomic E-state index is 13.1. The number of hydrogen-bond donors (Lipinski definition) is 0. The largest absolute Gasteiger partial charge is 0.305 e. The van der Waals surface area contributed by atoms with Crippen molar-refractivity contribution in [3.63, 3.8) is 0 Å². The molecular weight excluding hydrogens is 691 g/mol. The maximum absolute atomic E-state index is 13.1. The fraction of sp³-hybridized carbons (Fsp3) is 0.208. The van der Waals surface area contributed by atoms with Crippen molar-refractivity contribution in [3.8, 4) is 22.5 Å². The highest BCUT2D eigenvalue weighted by molar-refractivity contribution is 5.97. The predicted octanol–water partition coefficient (Wildman–Crippen LogP) is 9.84. The molecule has 3 heterocycles. The zero-order valence-corrected chi connectivity index (χ0v) is 32.1. The molecule has 0 spiro atoms. The van der Waals surface area contributed by atoms with Crippen molar-refractivity contribution in [3.05, 3.63) is 184 Å². The Morgan fingerprint density at radius 2 is 1.38 bits per heavy atom. The van der Waals surface area contributed by atoms with Crippen molar-refractivity contribution in [2.75, 3.05) is 0 Å². The van der Waals surface area contributed by atoms with Crippen LogP contribution in [0, 0.1) is 12.8 Å². The maximum Gasteiger partial charge on any atom is 0.184 e. The Hall–Kier alpha value is -6.54. The Morgan fingerprint density at radius 3 is 1.98 bits per heavy atom. The third-order valence-electron chi connectivity index (χ3n) is 11.3. The molecule has 0 fully saturated rings. The number of Topliss-reactive ketones (excluding diaryl/α,β-unsaturated/α-hetero) is 1. The summed E-state index contributed by atoms with van der Waals surface area (Å²) in [5, 5.41) is 14.0. The molecule has 8 heteroatoms. The van der Waals surface area contributed by atoms with Crippen molar-refractivity contribution >= 4 is 16.9 Å². The van der Waals surface area contributed by atoms with Crippen LogP contribution in [-0.4, -0.2) is 40.5 Å². The van der Waals surface area contributed by atoms with Crippen LogP contribution in [0.3, 0.4) is 0 Å². The molecule has 276 valence electrons. The molecule has 0 saturated heterocycles. The van der Waals surface area contributed by atoms with E-state index in [9.17, 15) is 4.79 Å². The van der Waals surface area contributed by atoms with Crippen molar-refractivity contribution in [1.82, 2.24) is 34.7 Å². The molecule has 5 aromatic carbocycles. The van der Waals surface area contributed by atoms with Gasteiger partial charge in [-0.1, -0.05) is 154 Å². The molecule has 8 aromatic rings. The minimum Gasteiger partial charge on any atom is -0.305 e. The molecule has 0 N–H and O–H groups in total. The highest BCUT2D eigenvalue weighted by Crippen LogP contribution is 2.45. The van der Waals surface area contributed by atoms with Crippen molar-refractivity contribution in [2.24, 2.45) is 5.92 Å². The third-order valence-corrected chi connectivity index (χ3v) is 11.3. The molecule has 8 nitrogen and oxygen atoms in total. The highest BCUT2D eigenvalue weighted by atomic mass is 16.1. The number of carbonyl (C=O) groups excluding carboxylic acids is 1. The minimum absolute atomic E-state index is 0.0514. The summed E-state index contributed by atoms with van der Waals surface area (Å²) in [5.74, 6) is 1.57. The van der Waals surface area contributed by atoms with E-state index in [0.717, 1.165) is 75.2 Å². The Kier molecular flexibility index (Phi) is 8.96. The second kappa shape index (κ2) is 14.3. The van der Waals surface area contributed by atoms with Crippen LogP contribution in [0.15, 0.2) is 140 Å². The van der Waals surface area contributed by atoms with Crippen molar-refractivity contribution < 1.29 is 4.79 Å². The topological polar surface area (TPSA) is 91.4 Å². The van der Waals surface area contributed by atoms with Crippen LogP contribution in [-0.2, 0) is 18.4 Å². The van der Waals surface area contributed by atoms with E-state index in [0.29, 0.717) is 11.5 Å². The van der Waals surface area contributed by atoms with Gasteiger partial charge in [0, 0.05) is 17.9 Å². The third kappa shape index (κ3) is 5.67. The van der Waals surface area contributed by atoms with Crippen LogP contribution in [0.4, 0.5) is 0 Å². The Bertz CT molecular complexity index is 2600. The molecule has 0 radical (unpaired) electrons. The molecule has 1 atom stereocenters. The average molecular weight is 734 g/mol. The standard InChI is InChI=1S/C48H43N7O/c1-5-43-50-44-32(4)29-41(45(56)31(2)3)49-47(44)54(43)42-28-26-34-30-33(25-27-39(34)42)38-23-15-16-24-40(38)46-51-52-53-55(46)48(35-17-9-6-10-18-35,36-19-11-7-12-20-36)37-21-13-8-14-22-37/h6-25,27,29-31,42H,5,26,28H2,1-4H3. The van der Waals surface area contributed by atoms with E-state index >= 15 is 0 Å². The molecule has 0 bridgehead atoms. The predicted molar refractivity (Wildman–Crippen MR) is 221 cm³/mol. The van der Waals surface area contributed by atoms with Crippen molar-refractivity contribution in [1.29, 1.82) is 0 Å². The number of aryl methyl sites for hydroxylation is 3. The second-order valence-corrected chi connectivity index (χ2v) is 15.0. The van der Waals surface area contributed by atoms with Gasteiger partial charge in [-0.15, -0.1) is 5.10 Å². The first-order chi connectivity index (χ1) is 27.4. The molecule has 56 heavy (non-hydrogen) atoms. The zero-order chi connectivity index (χ0) is 38.4. The monoisotopic (exact) mass is 733 g/mol. The number of fused-ring (bicyclic) bond motifs is 2. The lowest BCUT2D eigenvalue weighted by Gasteiger charge is -2.36. The summed E-state index contributed by atoms with van der Waals surface area (Å²) in [6, 6.07) is 48.7. The van der Waals surface area contributed by atoms with Gasteiger partial charge in [-0.2, -0.15) is 0 Å². The molecular formula is C48H43N7O. The Morgan fingerprint density at radius 1 is 0.768 bits per heavy atom. The molecule has 0 aliphatic heterocycles. The van der Waals surface area contributed by atoms with Gasteiger partial charge in [0.05, 0.1) is 6.04 Å². The fourth-order valence-corrected chi connectivity index (χ4v) is 8.71. The number of nitrogens with zero attached hydrogens (tertiary/aromatic N) is 7. The number of ketones is 1. The summed E-state index contributed by atoms with van der Waals surface area (Å²) in [6.07, 6.45) is 2.61. The fourth-order valence-electron chi connectivity index (χ4n) is 8.71. The average Bonchev–Trinajstić information content (AvgIpc) is 3.99. The van der Waals surface area contributed by atoms with Crippen LogP contribution >= 0.6 is 0 Å². The van der Waals surface area contributed by atoms with Crippen LogP contribution in [0.2, 0.25) is 0 Å². The number of rotatable bonds is 10. The molecule has 0 saturated carbocycles. The second-order valence-electron chi connectivity index (χ2n) is 15.0. The summed E-state index contributed by atoms with van der Waals surface area (Å²) in [7, 11) is 0. The smallest absolute Gasteiger partial charge is 0.184 e. The number of pyridine rings is 1. The van der Waals surface area contributed by atoms with Gasteiger partial charge in [0.1, 0.15) is 22.6 Å². The lowest BCUT2D eigenvalue weighted by Crippen LogP contribution is -2.39. The van der Waals surface area contributed by atoms with E-state index < -0.39 is 5.54 Å². The first-order valence-corrected chi connectivity index (χ1v) is 19.5. The number of imidazole rings is 1. The van der Waals surface area contributed by atoms with E-state index in [-0.39, 0.29) is 17.7 Å². The van der Waals surface area contributed by atoms with Gasteiger partial charge in [0.2, 0.25) is 0 Å². The van der Waals surface area contributed by atoms with E-state index in [1.165, 1.54) is 11.1 Å². The summed E-state index contributed by atoms with van der Waals surface area (Å²) in [4.78, 5) is 23.2. The van der Waals surface area contributed by atoms with E-state index in [1.807, 2.05) is 49.7 Å². The molecule has 1 unspecified atom stereocenters. The van der Waals surface area contributed by atoms with Crippen LogP contribution < -0.4 is 0 Å². The molecule has 3 aromatic heterocycles. The summed E-state index contributed by atoms with van der Waals surface area (Å²) < 4.78 is 4.29. The quantitative estimate of drug-likeness (QED) is 0.103. The van der Waals surface area contributed by atoms with Gasteiger partial charge >= 0.3 is 0 Å². The normalized spacial score (nSPS) is 14.1. The van der Waals surface area contributed by atoms with E-state index in [4.69, 9.17) is 20.3 Å². The van der Waals surface area contributed by atoms with Crippen LogP contribution in [0.25, 0.3) is 33.7 Å². The molecule has 9 rings (SSSR count). The van der Waals surface area contributed by atoms with Gasteiger partial charge in [-0.05, 0) is 80.8 Å². The summed E-state index contributed by atoms with van der Waals surface area (Å²) in [6.45, 7) is 8.02. The van der Waals surface area contributed by atoms with Gasteiger partial charge in [-0.25, -0.2) is 14.6 Å². The molecule has 1 aliphatic rings. The SMILES string of the molecule is CCc1nc2c(C)cc(C(=O)C(C)C)nc2n1C1CCc2cc(-c3ccccc3-c3nnnn3C(c3ccccc3)(c3ccccc3)c3ccccc3)ccc21. The first kappa shape index (κ1) is 35.2. The number of hydrogen-bond acceptors (Lipinski definition) is 6. The Labute approximate surface area is 326 Å². The van der Waals surface area contributed by atoms with E-state index in [1.54, 1.807) is 0 Å². The first-order valence-electron chi connectivity index (χ1n) is 19.5.